The lowest BCUT2D eigenvalue weighted by atomic mass is 10.0. The number of aromatic nitrogens is 2. The Morgan fingerprint density at radius 3 is 2.89 bits per heavy atom. The van der Waals surface area contributed by atoms with E-state index in [1.165, 1.54) is 5.69 Å². The normalized spacial score (nSPS) is 12.4. The van der Waals surface area contributed by atoms with Gasteiger partial charge in [0.1, 0.15) is 5.75 Å². The van der Waals surface area contributed by atoms with E-state index >= 15 is 0 Å². The smallest absolute Gasteiger partial charge is 0.119 e. The van der Waals surface area contributed by atoms with Crippen LogP contribution in [-0.4, -0.2) is 16.4 Å². The molecule has 0 aliphatic rings. The summed E-state index contributed by atoms with van der Waals surface area (Å²) < 4.78 is 7.39. The van der Waals surface area contributed by atoms with Crippen molar-refractivity contribution in [1.82, 2.24) is 9.78 Å². The van der Waals surface area contributed by atoms with E-state index in [2.05, 4.69) is 11.2 Å². The van der Waals surface area contributed by atoms with Crippen molar-refractivity contribution in [1.29, 1.82) is 0 Å². The molecule has 2 N–H and O–H groups in total. The van der Waals surface area contributed by atoms with Crippen molar-refractivity contribution in [2.24, 2.45) is 12.8 Å². The molecule has 0 aliphatic heterocycles. The van der Waals surface area contributed by atoms with Gasteiger partial charge < -0.3 is 10.5 Å². The molecule has 0 radical (unpaired) electrons. The molecule has 19 heavy (non-hydrogen) atoms. The number of hydrogen-bond donors (Lipinski definition) is 1. The van der Waals surface area contributed by atoms with Crippen LogP contribution < -0.4 is 10.5 Å². The van der Waals surface area contributed by atoms with Crippen LogP contribution in [0.1, 0.15) is 30.6 Å². The van der Waals surface area contributed by atoms with E-state index < -0.39 is 0 Å². The molecule has 1 unspecified atom stereocenters. The molecule has 102 valence electrons. The molecule has 1 aromatic heterocycles. The predicted molar refractivity (Wildman–Crippen MR) is 76.1 cm³/mol. The van der Waals surface area contributed by atoms with Crippen LogP contribution in [0.3, 0.4) is 0 Å². The van der Waals surface area contributed by atoms with Gasteiger partial charge in [-0.2, -0.15) is 5.10 Å². The Morgan fingerprint density at radius 1 is 1.37 bits per heavy atom. The summed E-state index contributed by atoms with van der Waals surface area (Å²) >= 11 is 0. The van der Waals surface area contributed by atoms with E-state index in [-0.39, 0.29) is 6.04 Å². The van der Waals surface area contributed by atoms with E-state index in [1.54, 1.807) is 0 Å². The van der Waals surface area contributed by atoms with Gasteiger partial charge in [0, 0.05) is 25.0 Å². The number of hydrogen-bond acceptors (Lipinski definition) is 3. The Morgan fingerprint density at radius 2 is 2.21 bits per heavy atom. The molecule has 2 aromatic rings. The zero-order chi connectivity index (χ0) is 13.7. The number of nitrogens with zero attached hydrogens (tertiary/aromatic N) is 2. The van der Waals surface area contributed by atoms with E-state index in [0.29, 0.717) is 6.61 Å². The molecule has 1 atom stereocenters. The van der Waals surface area contributed by atoms with Crippen molar-refractivity contribution >= 4 is 0 Å². The van der Waals surface area contributed by atoms with E-state index in [1.807, 2.05) is 49.1 Å². The molecule has 0 saturated carbocycles. The Labute approximate surface area is 114 Å². The third-order valence-electron chi connectivity index (χ3n) is 3.23. The van der Waals surface area contributed by atoms with Crippen LogP contribution in [0.15, 0.2) is 36.5 Å². The van der Waals surface area contributed by atoms with Crippen molar-refractivity contribution in [3.63, 3.8) is 0 Å². The average Bonchev–Trinajstić information content (AvgIpc) is 2.82. The quantitative estimate of drug-likeness (QED) is 0.867. The van der Waals surface area contributed by atoms with Gasteiger partial charge in [-0.25, -0.2) is 0 Å². The van der Waals surface area contributed by atoms with Gasteiger partial charge in [0.2, 0.25) is 0 Å². The number of aryl methyl sites for hydroxylation is 2. The Bertz CT molecular complexity index is 522. The SMILES string of the molecule is CCOc1cccc(C(N)CCc2ccnn2C)c1. The first kappa shape index (κ1) is 13.6. The predicted octanol–water partition coefficient (Wildman–Crippen LogP) is 2.45. The van der Waals surface area contributed by atoms with Crippen LogP contribution in [0.4, 0.5) is 0 Å². The molecule has 0 spiro atoms. The van der Waals surface area contributed by atoms with Crippen molar-refractivity contribution in [2.75, 3.05) is 6.61 Å². The van der Waals surface area contributed by atoms with Crippen LogP contribution in [0.2, 0.25) is 0 Å². The van der Waals surface area contributed by atoms with Gasteiger partial charge in [-0.05, 0) is 43.5 Å². The van der Waals surface area contributed by atoms with E-state index in [0.717, 1.165) is 24.2 Å². The van der Waals surface area contributed by atoms with Gasteiger partial charge in [-0.15, -0.1) is 0 Å². The molecule has 4 nitrogen and oxygen atoms in total. The lowest BCUT2D eigenvalue weighted by Crippen LogP contribution is -2.12. The maximum Gasteiger partial charge on any atom is 0.119 e. The summed E-state index contributed by atoms with van der Waals surface area (Å²) in [6.45, 7) is 2.66. The summed E-state index contributed by atoms with van der Waals surface area (Å²) in [5, 5.41) is 4.16. The summed E-state index contributed by atoms with van der Waals surface area (Å²) in [6, 6.07) is 10.1. The molecule has 0 aliphatic carbocycles. The molecule has 1 heterocycles. The lowest BCUT2D eigenvalue weighted by molar-refractivity contribution is 0.339. The van der Waals surface area contributed by atoms with Gasteiger partial charge in [-0.3, -0.25) is 4.68 Å². The minimum Gasteiger partial charge on any atom is -0.494 e. The van der Waals surface area contributed by atoms with E-state index in [9.17, 15) is 0 Å². The monoisotopic (exact) mass is 259 g/mol. The topological polar surface area (TPSA) is 53.1 Å². The summed E-state index contributed by atoms with van der Waals surface area (Å²) in [7, 11) is 1.95. The lowest BCUT2D eigenvalue weighted by Gasteiger charge is -2.13. The second-order valence-electron chi connectivity index (χ2n) is 4.60. The first-order chi connectivity index (χ1) is 9.20. The van der Waals surface area contributed by atoms with Crippen molar-refractivity contribution in [2.45, 2.75) is 25.8 Å². The van der Waals surface area contributed by atoms with Crippen molar-refractivity contribution < 1.29 is 4.74 Å². The van der Waals surface area contributed by atoms with E-state index in [4.69, 9.17) is 10.5 Å². The van der Waals surface area contributed by atoms with Crippen LogP contribution >= 0.6 is 0 Å². The maximum absolute atomic E-state index is 6.24. The minimum absolute atomic E-state index is 0.0234. The van der Waals surface area contributed by atoms with Crippen molar-refractivity contribution in [3.8, 4) is 5.75 Å². The van der Waals surface area contributed by atoms with Crippen LogP contribution in [-0.2, 0) is 13.5 Å². The Hall–Kier alpha value is -1.81. The minimum atomic E-state index is 0.0234. The molecule has 1 aromatic carbocycles. The highest BCUT2D eigenvalue weighted by Crippen LogP contribution is 2.21. The van der Waals surface area contributed by atoms with Gasteiger partial charge in [0.25, 0.3) is 0 Å². The van der Waals surface area contributed by atoms with Gasteiger partial charge >= 0.3 is 0 Å². The average molecular weight is 259 g/mol. The summed E-state index contributed by atoms with van der Waals surface area (Å²) in [5.41, 5.74) is 8.57. The third kappa shape index (κ3) is 3.58. The van der Waals surface area contributed by atoms with Gasteiger partial charge in [0.15, 0.2) is 0 Å². The molecule has 0 saturated heterocycles. The third-order valence-corrected chi connectivity index (χ3v) is 3.23. The highest BCUT2D eigenvalue weighted by atomic mass is 16.5. The molecular weight excluding hydrogens is 238 g/mol. The van der Waals surface area contributed by atoms with Crippen LogP contribution in [0, 0.1) is 0 Å². The highest BCUT2D eigenvalue weighted by molar-refractivity contribution is 5.30. The summed E-state index contributed by atoms with van der Waals surface area (Å²) in [5.74, 6) is 0.885. The largest absolute Gasteiger partial charge is 0.494 e. The number of benzene rings is 1. The summed E-state index contributed by atoms with van der Waals surface area (Å²) in [4.78, 5) is 0. The zero-order valence-corrected chi connectivity index (χ0v) is 11.5. The van der Waals surface area contributed by atoms with Gasteiger partial charge in [0.05, 0.1) is 6.61 Å². The molecular formula is C15H21N3O. The number of nitrogens with two attached hydrogens (primary N) is 1. The van der Waals surface area contributed by atoms with Gasteiger partial charge in [-0.1, -0.05) is 12.1 Å². The van der Waals surface area contributed by atoms with Crippen LogP contribution in [0.25, 0.3) is 0 Å². The fourth-order valence-electron chi connectivity index (χ4n) is 2.12. The Balaban J connectivity index is 1.97. The fourth-order valence-corrected chi connectivity index (χ4v) is 2.12. The standard InChI is InChI=1S/C15H21N3O/c1-3-19-14-6-4-5-12(11-14)15(16)8-7-13-9-10-17-18(13)2/h4-6,9-11,15H,3,7-8,16H2,1-2H3. The first-order valence-corrected chi connectivity index (χ1v) is 6.66. The second kappa shape index (κ2) is 6.38. The fraction of sp³-hybridized carbons (Fsp3) is 0.400. The number of ether oxygens (including phenoxy) is 1. The molecule has 4 heteroatoms. The maximum atomic E-state index is 6.24. The second-order valence-corrected chi connectivity index (χ2v) is 4.60. The molecule has 0 amide bonds. The molecule has 2 rings (SSSR count). The first-order valence-electron chi connectivity index (χ1n) is 6.66. The molecule has 0 fully saturated rings. The Kier molecular flexibility index (Phi) is 4.58. The zero-order valence-electron chi connectivity index (χ0n) is 11.5. The summed E-state index contributed by atoms with van der Waals surface area (Å²) in [6.07, 6.45) is 3.64. The number of rotatable bonds is 6. The molecule has 0 bridgehead atoms. The van der Waals surface area contributed by atoms with Crippen molar-refractivity contribution in [3.05, 3.63) is 47.8 Å². The highest BCUT2D eigenvalue weighted by Gasteiger charge is 2.08. The van der Waals surface area contributed by atoms with Crippen LogP contribution in [0.5, 0.6) is 5.75 Å².